The predicted octanol–water partition coefficient (Wildman–Crippen LogP) is 2.94. The van der Waals surface area contributed by atoms with Crippen LogP contribution in [-0.4, -0.2) is 52.3 Å². The lowest BCUT2D eigenvalue weighted by Gasteiger charge is -2.46. The summed E-state index contributed by atoms with van der Waals surface area (Å²) < 4.78 is 17.5. The molecule has 3 heterocycles. The Morgan fingerprint density at radius 3 is 2.62 bits per heavy atom. The zero-order valence-electron chi connectivity index (χ0n) is 18.1. The molecule has 7 heteroatoms. The van der Waals surface area contributed by atoms with E-state index in [1.165, 1.54) is 11.8 Å². The van der Waals surface area contributed by atoms with Crippen molar-refractivity contribution in [2.75, 3.05) is 13.2 Å². The second-order valence-corrected chi connectivity index (χ2v) is 10.4. The van der Waals surface area contributed by atoms with Gasteiger partial charge in [0.1, 0.15) is 11.9 Å². The maximum Gasteiger partial charge on any atom is 0.199 e. The van der Waals surface area contributed by atoms with Gasteiger partial charge < -0.3 is 29.5 Å². The Hall–Kier alpha value is -1.61. The molecule has 6 atom stereocenters. The zero-order chi connectivity index (χ0) is 22.3. The average molecular weight is 459 g/mol. The van der Waals surface area contributed by atoms with Crippen LogP contribution in [0.3, 0.4) is 0 Å². The van der Waals surface area contributed by atoms with E-state index in [0.717, 1.165) is 53.9 Å². The smallest absolute Gasteiger partial charge is 0.199 e. The number of aliphatic hydroxyl groups excluding tert-OH is 3. The summed E-state index contributed by atoms with van der Waals surface area (Å²) in [5.41, 5.74) is 4.16. The molecule has 3 N–H and O–H groups in total. The molecule has 2 saturated heterocycles. The second kappa shape index (κ2) is 8.97. The summed E-state index contributed by atoms with van der Waals surface area (Å²) in [7, 11) is 0. The molecule has 0 radical (unpaired) electrons. The third-order valence-corrected chi connectivity index (χ3v) is 8.63. The molecule has 0 bridgehead atoms. The van der Waals surface area contributed by atoms with Gasteiger partial charge in [-0.3, -0.25) is 0 Å². The van der Waals surface area contributed by atoms with Crippen LogP contribution in [0.25, 0.3) is 0 Å². The Labute approximate surface area is 192 Å². The maximum absolute atomic E-state index is 11.0. The minimum atomic E-state index is -1.06. The highest BCUT2D eigenvalue weighted by molar-refractivity contribution is 8.00. The Kier molecular flexibility index (Phi) is 6.22. The molecule has 32 heavy (non-hydrogen) atoms. The first kappa shape index (κ1) is 22.2. The van der Waals surface area contributed by atoms with Crippen molar-refractivity contribution >= 4 is 11.8 Å². The topological polar surface area (TPSA) is 88.4 Å². The molecular weight excluding hydrogens is 428 g/mol. The first-order valence-electron chi connectivity index (χ1n) is 11.3. The van der Waals surface area contributed by atoms with E-state index in [2.05, 4.69) is 24.3 Å². The van der Waals surface area contributed by atoms with Gasteiger partial charge in [0.25, 0.3) is 0 Å². The van der Waals surface area contributed by atoms with Crippen LogP contribution >= 0.6 is 11.8 Å². The van der Waals surface area contributed by atoms with E-state index in [1.807, 2.05) is 25.1 Å². The number of rotatable bonds is 5. The molecular formula is C25H30O6S. The Balaban J connectivity index is 1.36. The highest BCUT2D eigenvalue weighted by atomic mass is 32.2. The fourth-order valence-electron chi connectivity index (χ4n) is 4.84. The van der Waals surface area contributed by atoms with Crippen molar-refractivity contribution in [2.45, 2.75) is 61.5 Å². The number of thioether (sulfide) groups is 1. The summed E-state index contributed by atoms with van der Waals surface area (Å²) in [6.45, 7) is 2.92. The molecule has 0 aromatic heterocycles. The Morgan fingerprint density at radius 1 is 1.12 bits per heavy atom. The van der Waals surface area contributed by atoms with Crippen LogP contribution in [0.1, 0.15) is 42.0 Å². The van der Waals surface area contributed by atoms with Gasteiger partial charge in [0, 0.05) is 17.2 Å². The van der Waals surface area contributed by atoms with Crippen molar-refractivity contribution in [3.8, 4) is 5.75 Å². The van der Waals surface area contributed by atoms with Crippen molar-refractivity contribution in [2.24, 2.45) is 5.92 Å². The minimum Gasteiger partial charge on any atom is -0.465 e. The van der Waals surface area contributed by atoms with Gasteiger partial charge in [-0.25, -0.2) is 0 Å². The van der Waals surface area contributed by atoms with Crippen molar-refractivity contribution in [1.29, 1.82) is 0 Å². The zero-order valence-corrected chi connectivity index (χ0v) is 19.0. The van der Waals surface area contributed by atoms with Gasteiger partial charge in [-0.15, -0.1) is 11.8 Å². The average Bonchev–Trinajstić information content (AvgIpc) is 3.45. The normalized spacial score (nSPS) is 34.1. The number of benzene rings is 2. The van der Waals surface area contributed by atoms with Crippen molar-refractivity contribution in [1.82, 2.24) is 0 Å². The second-order valence-electron chi connectivity index (χ2n) is 8.96. The summed E-state index contributed by atoms with van der Waals surface area (Å²) in [4.78, 5) is -1.05. The highest BCUT2D eigenvalue weighted by Gasteiger charge is 2.56. The number of aliphatic hydroxyl groups is 3. The van der Waals surface area contributed by atoms with Crippen LogP contribution in [0, 0.1) is 5.92 Å². The SMILES string of the molecule is C[C@H]1C(O)[C@@H](O)[C@@]2(OCc3ccc(Cc4ccc(OC5CCCO5)cc4)cc32)S[C@@H]1CO. The van der Waals surface area contributed by atoms with Gasteiger partial charge in [-0.2, -0.15) is 0 Å². The number of ether oxygens (including phenoxy) is 3. The van der Waals surface area contributed by atoms with Crippen LogP contribution in [-0.2, 0) is 27.4 Å². The standard InChI is InChI=1S/C25H30O6S/c1-15-21(13-26)32-25(24(28)23(15)27)20-12-17(4-7-18(20)14-30-25)11-16-5-8-19(9-6-16)31-22-3-2-10-29-22/h4-9,12,15,21-24,26-28H,2-3,10-11,13-14H2,1H3/t15-,21-,22?,23?,24-,25+/m1/s1. The molecule has 2 aromatic carbocycles. The summed E-state index contributed by atoms with van der Waals surface area (Å²) in [6, 6.07) is 14.3. The summed E-state index contributed by atoms with van der Waals surface area (Å²) >= 11 is 1.43. The van der Waals surface area contributed by atoms with E-state index in [0.29, 0.717) is 6.61 Å². The largest absolute Gasteiger partial charge is 0.465 e. The molecule has 2 fully saturated rings. The maximum atomic E-state index is 11.0. The summed E-state index contributed by atoms with van der Waals surface area (Å²) in [5.74, 6) is 0.582. The lowest BCUT2D eigenvalue weighted by molar-refractivity contribution is -0.129. The lowest BCUT2D eigenvalue weighted by atomic mass is 9.88. The van der Waals surface area contributed by atoms with Crippen LogP contribution in [0.4, 0.5) is 0 Å². The van der Waals surface area contributed by atoms with Crippen LogP contribution in [0.2, 0.25) is 0 Å². The molecule has 6 nitrogen and oxygen atoms in total. The van der Waals surface area contributed by atoms with E-state index < -0.39 is 17.1 Å². The van der Waals surface area contributed by atoms with Gasteiger partial charge in [0.2, 0.25) is 0 Å². The highest BCUT2D eigenvalue weighted by Crippen LogP contribution is 2.55. The van der Waals surface area contributed by atoms with Crippen molar-refractivity contribution < 1.29 is 29.5 Å². The number of hydrogen-bond donors (Lipinski definition) is 3. The molecule has 172 valence electrons. The van der Waals surface area contributed by atoms with Gasteiger partial charge in [0.15, 0.2) is 11.2 Å². The number of fused-ring (bicyclic) bond motifs is 2. The summed E-state index contributed by atoms with van der Waals surface area (Å²) in [6.07, 6.45) is 0.528. The molecule has 5 rings (SSSR count). The Morgan fingerprint density at radius 2 is 1.91 bits per heavy atom. The summed E-state index contributed by atoms with van der Waals surface area (Å²) in [5, 5.41) is 31.3. The van der Waals surface area contributed by atoms with Crippen molar-refractivity contribution in [3.05, 3.63) is 64.7 Å². The lowest BCUT2D eigenvalue weighted by Crippen LogP contribution is -2.55. The van der Waals surface area contributed by atoms with E-state index in [1.54, 1.807) is 0 Å². The van der Waals surface area contributed by atoms with Crippen LogP contribution in [0.15, 0.2) is 42.5 Å². The molecule has 0 aliphatic carbocycles. The molecule has 0 amide bonds. The van der Waals surface area contributed by atoms with Crippen molar-refractivity contribution in [3.63, 3.8) is 0 Å². The number of hydrogen-bond acceptors (Lipinski definition) is 7. The van der Waals surface area contributed by atoms with E-state index in [-0.39, 0.29) is 24.1 Å². The first-order valence-corrected chi connectivity index (χ1v) is 12.2. The first-order chi connectivity index (χ1) is 15.5. The van der Waals surface area contributed by atoms with Gasteiger partial charge in [-0.1, -0.05) is 37.3 Å². The van der Waals surface area contributed by atoms with Crippen LogP contribution < -0.4 is 4.74 Å². The minimum absolute atomic E-state index is 0.0733. The fourth-order valence-corrected chi connectivity index (χ4v) is 6.46. The molecule has 3 aliphatic heterocycles. The van der Waals surface area contributed by atoms with Gasteiger partial charge in [-0.05, 0) is 47.6 Å². The fraction of sp³-hybridized carbons (Fsp3) is 0.520. The van der Waals surface area contributed by atoms with Crippen LogP contribution in [0.5, 0.6) is 5.75 Å². The Bertz CT molecular complexity index is 942. The van der Waals surface area contributed by atoms with E-state index in [9.17, 15) is 15.3 Å². The van der Waals surface area contributed by atoms with Gasteiger partial charge >= 0.3 is 0 Å². The molecule has 2 aromatic rings. The molecule has 0 saturated carbocycles. The molecule has 3 aliphatic rings. The monoisotopic (exact) mass is 458 g/mol. The van der Waals surface area contributed by atoms with E-state index in [4.69, 9.17) is 14.2 Å². The molecule has 2 unspecified atom stereocenters. The third kappa shape index (κ3) is 3.95. The quantitative estimate of drug-likeness (QED) is 0.635. The predicted molar refractivity (Wildman–Crippen MR) is 121 cm³/mol. The third-order valence-electron chi connectivity index (χ3n) is 6.82. The van der Waals surface area contributed by atoms with Gasteiger partial charge in [0.05, 0.1) is 25.9 Å². The molecule has 1 spiro atoms. The van der Waals surface area contributed by atoms with E-state index >= 15 is 0 Å².